The zero-order chi connectivity index (χ0) is 54.3. The van der Waals surface area contributed by atoms with E-state index in [1.54, 1.807) is 0 Å². The number of esters is 3. The molecule has 428 valence electrons. The Kier molecular flexibility index (Phi) is 59.3. The minimum absolute atomic E-state index is 0.0851. The predicted molar refractivity (Wildman–Crippen MR) is 325 cm³/mol. The lowest BCUT2D eigenvalue weighted by Crippen LogP contribution is -2.30. The van der Waals surface area contributed by atoms with Crippen LogP contribution in [-0.4, -0.2) is 37.2 Å². The second-order valence-electron chi connectivity index (χ2n) is 20.5. The van der Waals surface area contributed by atoms with Crippen LogP contribution in [0, 0.1) is 0 Å². The first-order valence-electron chi connectivity index (χ1n) is 31.4. The van der Waals surface area contributed by atoms with Crippen LogP contribution in [-0.2, 0) is 28.6 Å². The summed E-state index contributed by atoms with van der Waals surface area (Å²) in [5, 5.41) is 0. The highest BCUT2D eigenvalue weighted by Crippen LogP contribution is 2.16. The molecule has 75 heavy (non-hydrogen) atoms. The van der Waals surface area contributed by atoms with Crippen molar-refractivity contribution in [3.63, 3.8) is 0 Å². The molecule has 0 rings (SSSR count). The maximum absolute atomic E-state index is 12.9. The third kappa shape index (κ3) is 60.8. The molecule has 0 aromatic rings. The molecule has 0 aromatic heterocycles. The lowest BCUT2D eigenvalue weighted by molar-refractivity contribution is -0.167. The van der Waals surface area contributed by atoms with Gasteiger partial charge in [0.2, 0.25) is 0 Å². The molecule has 0 aliphatic carbocycles. The van der Waals surface area contributed by atoms with Gasteiger partial charge in [0.25, 0.3) is 0 Å². The zero-order valence-electron chi connectivity index (χ0n) is 49.0. The Bertz CT molecular complexity index is 1450. The van der Waals surface area contributed by atoms with E-state index in [0.717, 1.165) is 116 Å². The van der Waals surface area contributed by atoms with E-state index in [0.29, 0.717) is 19.3 Å². The number of rotatable bonds is 56. The highest BCUT2D eigenvalue weighted by molar-refractivity contribution is 5.71. The Morgan fingerprint density at radius 1 is 0.267 bits per heavy atom. The summed E-state index contributed by atoms with van der Waals surface area (Å²) in [6, 6.07) is 0. The van der Waals surface area contributed by atoms with Crippen LogP contribution < -0.4 is 0 Å². The molecule has 0 fully saturated rings. The molecule has 0 spiro atoms. The maximum Gasteiger partial charge on any atom is 0.306 e. The fourth-order valence-corrected chi connectivity index (χ4v) is 8.66. The van der Waals surface area contributed by atoms with Crippen molar-refractivity contribution in [3.05, 3.63) is 109 Å². The first kappa shape index (κ1) is 71.1. The highest BCUT2D eigenvalue weighted by atomic mass is 16.6. The van der Waals surface area contributed by atoms with Gasteiger partial charge in [-0.05, 0) is 116 Å². The first-order valence-corrected chi connectivity index (χ1v) is 31.4. The van der Waals surface area contributed by atoms with Crippen LogP contribution in [0.3, 0.4) is 0 Å². The second kappa shape index (κ2) is 62.6. The van der Waals surface area contributed by atoms with Crippen LogP contribution in [0.4, 0.5) is 0 Å². The molecule has 0 aromatic carbocycles. The van der Waals surface area contributed by atoms with Crippen LogP contribution in [0.1, 0.15) is 290 Å². The average Bonchev–Trinajstić information content (AvgIpc) is 3.41. The normalized spacial score (nSPS) is 12.5. The molecule has 0 unspecified atom stereocenters. The van der Waals surface area contributed by atoms with Crippen LogP contribution >= 0.6 is 0 Å². The van der Waals surface area contributed by atoms with Crippen molar-refractivity contribution in [3.8, 4) is 0 Å². The summed E-state index contributed by atoms with van der Waals surface area (Å²) in [6.07, 6.45) is 85.1. The molecular weight excluding hydrogens is 925 g/mol. The number of ether oxygens (including phenoxy) is 3. The van der Waals surface area contributed by atoms with E-state index in [1.807, 2.05) is 0 Å². The number of carbonyl (C=O) groups excluding carboxylic acids is 3. The van der Waals surface area contributed by atoms with Crippen LogP contribution in [0.5, 0.6) is 0 Å². The number of carbonyl (C=O) groups is 3. The second-order valence-corrected chi connectivity index (χ2v) is 20.5. The van der Waals surface area contributed by atoms with Gasteiger partial charge in [0.1, 0.15) is 13.2 Å². The molecule has 0 N–H and O–H groups in total. The SMILES string of the molecule is CC/C=C\C/C=C\C/C=C\CCCCCCCCCCCC(=O)OCC(COC(=O)CCCCCCCCCCC/C=C\C/C=C\C/C=C\CC)OC(=O)CCCCCCCCCCC/C=C\C/C=C\C/C=C\CC. The number of hydrogen-bond acceptors (Lipinski definition) is 6. The Hall–Kier alpha value is -3.93. The van der Waals surface area contributed by atoms with Gasteiger partial charge < -0.3 is 14.2 Å². The Morgan fingerprint density at radius 3 is 0.747 bits per heavy atom. The van der Waals surface area contributed by atoms with Crippen LogP contribution in [0.2, 0.25) is 0 Å². The summed E-state index contributed by atoms with van der Waals surface area (Å²) in [5.74, 6) is -0.893. The van der Waals surface area contributed by atoms with Gasteiger partial charge in [-0.1, -0.05) is 265 Å². The Labute approximate surface area is 463 Å². The lowest BCUT2D eigenvalue weighted by Gasteiger charge is -2.18. The molecule has 0 atom stereocenters. The van der Waals surface area contributed by atoms with Crippen molar-refractivity contribution in [2.45, 2.75) is 297 Å². The summed E-state index contributed by atoms with van der Waals surface area (Å²) in [7, 11) is 0. The first-order chi connectivity index (χ1) is 37.0. The molecular formula is C69H116O6. The summed E-state index contributed by atoms with van der Waals surface area (Å²) in [5.41, 5.74) is 0. The smallest absolute Gasteiger partial charge is 0.306 e. The van der Waals surface area contributed by atoms with Crippen molar-refractivity contribution in [1.82, 2.24) is 0 Å². The third-order valence-corrected chi connectivity index (χ3v) is 13.3. The number of unbranched alkanes of at least 4 members (excludes halogenated alkanes) is 27. The van der Waals surface area contributed by atoms with Crippen LogP contribution in [0.25, 0.3) is 0 Å². The van der Waals surface area contributed by atoms with Gasteiger partial charge in [-0.15, -0.1) is 0 Å². The van der Waals surface area contributed by atoms with Gasteiger partial charge in [0.05, 0.1) is 0 Å². The fraction of sp³-hybridized carbons (Fsp3) is 0.696. The fourth-order valence-electron chi connectivity index (χ4n) is 8.66. The summed E-state index contributed by atoms with van der Waals surface area (Å²) < 4.78 is 16.9. The van der Waals surface area contributed by atoms with Gasteiger partial charge in [-0.25, -0.2) is 0 Å². The van der Waals surface area contributed by atoms with Gasteiger partial charge in [0, 0.05) is 19.3 Å². The van der Waals surface area contributed by atoms with E-state index >= 15 is 0 Å². The largest absolute Gasteiger partial charge is 0.462 e. The van der Waals surface area contributed by atoms with Crippen molar-refractivity contribution in [2.75, 3.05) is 13.2 Å². The van der Waals surface area contributed by atoms with Gasteiger partial charge >= 0.3 is 17.9 Å². The third-order valence-electron chi connectivity index (χ3n) is 13.3. The van der Waals surface area contributed by atoms with E-state index in [1.165, 1.54) is 135 Å². The predicted octanol–water partition coefficient (Wildman–Crippen LogP) is 21.4. The average molecular weight is 1040 g/mol. The molecule has 0 amide bonds. The zero-order valence-corrected chi connectivity index (χ0v) is 49.0. The summed E-state index contributed by atoms with van der Waals surface area (Å²) >= 11 is 0. The molecule has 0 radical (unpaired) electrons. The van der Waals surface area contributed by atoms with E-state index in [-0.39, 0.29) is 31.1 Å². The van der Waals surface area contributed by atoms with Crippen LogP contribution in [0.15, 0.2) is 109 Å². The summed E-state index contributed by atoms with van der Waals surface area (Å²) in [6.45, 7) is 6.32. The van der Waals surface area contributed by atoms with Gasteiger partial charge in [-0.2, -0.15) is 0 Å². The minimum Gasteiger partial charge on any atom is -0.462 e. The molecule has 0 heterocycles. The quantitative estimate of drug-likeness (QED) is 0.0261. The Balaban J connectivity index is 4.41. The molecule has 6 heteroatoms. The van der Waals surface area contributed by atoms with E-state index in [2.05, 4.69) is 130 Å². The molecule has 0 bridgehead atoms. The topological polar surface area (TPSA) is 78.9 Å². The molecule has 0 aliphatic rings. The molecule has 0 aliphatic heterocycles. The number of allylic oxidation sites excluding steroid dienone is 18. The Morgan fingerprint density at radius 2 is 0.480 bits per heavy atom. The molecule has 0 saturated heterocycles. The number of hydrogen-bond donors (Lipinski definition) is 0. The van der Waals surface area contributed by atoms with Crippen molar-refractivity contribution < 1.29 is 28.6 Å². The minimum atomic E-state index is -0.789. The monoisotopic (exact) mass is 1040 g/mol. The highest BCUT2D eigenvalue weighted by Gasteiger charge is 2.19. The lowest BCUT2D eigenvalue weighted by atomic mass is 10.1. The standard InChI is InChI=1S/C69H116O6/c1-4-7-10-13-16-19-22-25-28-31-34-37-40-43-46-49-52-55-58-61-67(70)73-64-66(75-69(72)63-60-57-54-51-48-45-42-39-36-33-30-27-24-21-18-15-12-9-6-3)65-74-68(71)62-59-56-53-50-47-44-41-38-35-32-29-26-23-20-17-14-11-8-5-2/h7-12,16-21,25-30,66H,4-6,13-15,22-24,31-65H2,1-3H3/b10-7-,11-8-,12-9-,19-16-,20-17-,21-18-,28-25-,29-26-,30-27-. The molecule has 6 nitrogen and oxygen atoms in total. The van der Waals surface area contributed by atoms with Crippen molar-refractivity contribution >= 4 is 17.9 Å². The van der Waals surface area contributed by atoms with Crippen molar-refractivity contribution in [1.29, 1.82) is 0 Å². The van der Waals surface area contributed by atoms with Crippen molar-refractivity contribution in [2.24, 2.45) is 0 Å². The van der Waals surface area contributed by atoms with Gasteiger partial charge in [0.15, 0.2) is 6.10 Å². The molecule has 0 saturated carbocycles. The summed E-state index contributed by atoms with van der Waals surface area (Å²) in [4.78, 5) is 38.4. The van der Waals surface area contributed by atoms with E-state index in [4.69, 9.17) is 14.2 Å². The maximum atomic E-state index is 12.9. The van der Waals surface area contributed by atoms with E-state index < -0.39 is 6.10 Å². The van der Waals surface area contributed by atoms with E-state index in [9.17, 15) is 14.4 Å². The van der Waals surface area contributed by atoms with Gasteiger partial charge in [-0.3, -0.25) is 14.4 Å².